The minimum Gasteiger partial charge on any atom is -0.486 e. The predicted molar refractivity (Wildman–Crippen MR) is 71.8 cm³/mol. The summed E-state index contributed by atoms with van der Waals surface area (Å²) in [6, 6.07) is 5.81. The van der Waals surface area contributed by atoms with Crippen molar-refractivity contribution in [3.05, 3.63) is 18.2 Å². The van der Waals surface area contributed by atoms with Crippen molar-refractivity contribution in [2.45, 2.75) is 23.0 Å². The lowest BCUT2D eigenvalue weighted by Gasteiger charge is -2.19. The Hall–Kier alpha value is -1.36. The Morgan fingerprint density at radius 1 is 1.32 bits per heavy atom. The molecule has 3 rings (SSSR count). The highest BCUT2D eigenvalue weighted by Gasteiger charge is 2.37. The lowest BCUT2D eigenvalue weighted by atomic mass is 10.3. The van der Waals surface area contributed by atoms with Crippen LogP contribution in [0.1, 0.15) is 12.8 Å². The topological polar surface area (TPSA) is 44.8 Å². The summed E-state index contributed by atoms with van der Waals surface area (Å²) in [6.45, 7) is 1.16. The number of rotatable bonds is 4. The first-order valence-corrected chi connectivity index (χ1v) is 7.30. The molecule has 0 spiro atoms. The van der Waals surface area contributed by atoms with Gasteiger partial charge in [0.1, 0.15) is 18.5 Å². The molecule has 1 saturated carbocycles. The van der Waals surface area contributed by atoms with Crippen LogP contribution in [0, 0.1) is 5.92 Å². The molecule has 19 heavy (non-hydrogen) atoms. The summed E-state index contributed by atoms with van der Waals surface area (Å²) in [7, 11) is 1.45. The van der Waals surface area contributed by atoms with E-state index in [0.717, 1.165) is 29.2 Å². The molecular formula is C14H16O4S. The molecule has 1 aliphatic carbocycles. The summed E-state index contributed by atoms with van der Waals surface area (Å²) in [4.78, 5) is 12.8. The Balaban J connectivity index is 1.76. The van der Waals surface area contributed by atoms with Crippen LogP contribution in [0.15, 0.2) is 23.1 Å². The van der Waals surface area contributed by atoms with Crippen molar-refractivity contribution in [2.75, 3.05) is 20.3 Å². The van der Waals surface area contributed by atoms with Crippen molar-refractivity contribution in [1.82, 2.24) is 0 Å². The number of fused-ring (bicyclic) bond motifs is 1. The van der Waals surface area contributed by atoms with Crippen molar-refractivity contribution < 1.29 is 19.0 Å². The molecule has 1 aliphatic heterocycles. The second kappa shape index (κ2) is 5.33. The van der Waals surface area contributed by atoms with E-state index in [1.165, 1.54) is 7.11 Å². The summed E-state index contributed by atoms with van der Waals surface area (Å²) in [6.07, 6.45) is 2.22. The van der Waals surface area contributed by atoms with Gasteiger partial charge < -0.3 is 14.2 Å². The van der Waals surface area contributed by atoms with Crippen LogP contribution < -0.4 is 9.47 Å². The van der Waals surface area contributed by atoms with Gasteiger partial charge in [-0.3, -0.25) is 4.79 Å². The minimum absolute atomic E-state index is 0.104. The quantitative estimate of drug-likeness (QED) is 0.626. The fourth-order valence-electron chi connectivity index (χ4n) is 2.10. The Bertz CT molecular complexity index is 484. The summed E-state index contributed by atoms with van der Waals surface area (Å²) in [5.74, 6) is 1.85. The third-order valence-electron chi connectivity index (χ3n) is 3.26. The van der Waals surface area contributed by atoms with E-state index in [2.05, 4.69) is 0 Å². The number of benzene rings is 1. The van der Waals surface area contributed by atoms with Crippen molar-refractivity contribution >= 4 is 17.7 Å². The van der Waals surface area contributed by atoms with Crippen LogP contribution in [0.3, 0.4) is 0 Å². The predicted octanol–water partition coefficient (Wildman–Crippen LogP) is 2.50. The molecule has 0 amide bonds. The van der Waals surface area contributed by atoms with E-state index >= 15 is 0 Å². The Kier molecular flexibility index (Phi) is 3.55. The maximum atomic E-state index is 11.8. The second-order valence-electron chi connectivity index (χ2n) is 4.70. The Morgan fingerprint density at radius 2 is 2.05 bits per heavy atom. The van der Waals surface area contributed by atoms with Crippen LogP contribution >= 0.6 is 11.8 Å². The number of ether oxygens (including phenoxy) is 3. The molecule has 0 radical (unpaired) electrons. The smallest absolute Gasteiger partial charge is 0.319 e. The highest BCUT2D eigenvalue weighted by Crippen LogP contribution is 2.44. The second-order valence-corrected chi connectivity index (χ2v) is 5.92. The molecule has 0 aromatic heterocycles. The van der Waals surface area contributed by atoms with E-state index in [4.69, 9.17) is 14.2 Å². The van der Waals surface area contributed by atoms with Crippen molar-refractivity contribution in [3.63, 3.8) is 0 Å². The van der Waals surface area contributed by atoms with Gasteiger partial charge in [0.25, 0.3) is 0 Å². The third-order valence-corrected chi connectivity index (χ3v) is 4.62. The normalized spacial score (nSPS) is 18.8. The number of carbonyl (C=O) groups excluding carboxylic acids is 1. The summed E-state index contributed by atoms with van der Waals surface area (Å²) < 4.78 is 15.9. The molecule has 1 unspecified atom stereocenters. The maximum absolute atomic E-state index is 11.8. The fraction of sp³-hybridized carbons (Fsp3) is 0.500. The Morgan fingerprint density at radius 3 is 2.74 bits per heavy atom. The average Bonchev–Trinajstić information content (AvgIpc) is 3.28. The number of hydrogen-bond acceptors (Lipinski definition) is 5. The molecule has 4 nitrogen and oxygen atoms in total. The zero-order valence-corrected chi connectivity index (χ0v) is 11.6. The van der Waals surface area contributed by atoms with E-state index in [-0.39, 0.29) is 11.2 Å². The first-order chi connectivity index (χ1) is 9.28. The average molecular weight is 280 g/mol. The van der Waals surface area contributed by atoms with Crippen molar-refractivity contribution in [3.8, 4) is 11.5 Å². The molecule has 0 bridgehead atoms. The molecule has 1 aromatic rings. The standard InChI is InChI=1S/C14H16O4S/c1-16-14(15)13(9-2-3-9)19-10-4-5-11-12(8-10)18-7-6-17-11/h4-5,8-9,13H,2-3,6-7H2,1H3. The van der Waals surface area contributed by atoms with Gasteiger partial charge in [0.15, 0.2) is 11.5 Å². The molecule has 1 fully saturated rings. The number of methoxy groups -OCH3 is 1. The number of thioether (sulfide) groups is 1. The number of carbonyl (C=O) groups is 1. The van der Waals surface area contributed by atoms with Crippen molar-refractivity contribution in [1.29, 1.82) is 0 Å². The van der Waals surface area contributed by atoms with Gasteiger partial charge in [-0.25, -0.2) is 0 Å². The fourth-order valence-corrected chi connectivity index (χ4v) is 3.37. The van der Waals surface area contributed by atoms with Crippen LogP contribution in [-0.2, 0) is 9.53 Å². The zero-order chi connectivity index (χ0) is 13.2. The van der Waals surface area contributed by atoms with Gasteiger partial charge in [0, 0.05) is 4.90 Å². The number of esters is 1. The van der Waals surface area contributed by atoms with Crippen LogP contribution in [0.4, 0.5) is 0 Å². The Labute approximate surface area is 116 Å². The van der Waals surface area contributed by atoms with E-state index < -0.39 is 0 Å². The molecule has 102 valence electrons. The zero-order valence-electron chi connectivity index (χ0n) is 10.8. The molecule has 1 atom stereocenters. The lowest BCUT2D eigenvalue weighted by Crippen LogP contribution is -2.21. The van der Waals surface area contributed by atoms with Gasteiger partial charge in [-0.05, 0) is 37.0 Å². The molecule has 5 heteroatoms. The molecule has 1 heterocycles. The van der Waals surface area contributed by atoms with Crippen LogP contribution in [0.25, 0.3) is 0 Å². The van der Waals surface area contributed by atoms with Gasteiger partial charge >= 0.3 is 5.97 Å². The SMILES string of the molecule is COC(=O)C(Sc1ccc2c(c1)OCCO2)C1CC1. The minimum atomic E-state index is -0.137. The van der Waals surface area contributed by atoms with Gasteiger partial charge in [-0.15, -0.1) is 11.8 Å². The largest absolute Gasteiger partial charge is 0.486 e. The molecule has 2 aliphatic rings. The van der Waals surface area contributed by atoms with E-state index in [1.807, 2.05) is 18.2 Å². The number of hydrogen-bond donors (Lipinski definition) is 0. The van der Waals surface area contributed by atoms with Gasteiger partial charge in [-0.2, -0.15) is 0 Å². The highest BCUT2D eigenvalue weighted by atomic mass is 32.2. The van der Waals surface area contributed by atoms with Gasteiger partial charge in [0.05, 0.1) is 7.11 Å². The van der Waals surface area contributed by atoms with Crippen LogP contribution in [-0.4, -0.2) is 31.5 Å². The van der Waals surface area contributed by atoms with Gasteiger partial charge in [-0.1, -0.05) is 0 Å². The summed E-state index contributed by atoms with van der Waals surface area (Å²) in [5.41, 5.74) is 0. The highest BCUT2D eigenvalue weighted by molar-refractivity contribution is 8.00. The van der Waals surface area contributed by atoms with Gasteiger partial charge in [0.2, 0.25) is 0 Å². The molecule has 1 aromatic carbocycles. The lowest BCUT2D eigenvalue weighted by molar-refractivity contribution is -0.140. The van der Waals surface area contributed by atoms with E-state index in [1.54, 1.807) is 11.8 Å². The molecule has 0 saturated heterocycles. The maximum Gasteiger partial charge on any atom is 0.319 e. The molecular weight excluding hydrogens is 264 g/mol. The summed E-state index contributed by atoms with van der Waals surface area (Å²) >= 11 is 1.55. The first-order valence-electron chi connectivity index (χ1n) is 6.42. The van der Waals surface area contributed by atoms with E-state index in [0.29, 0.717) is 19.1 Å². The summed E-state index contributed by atoms with van der Waals surface area (Å²) in [5, 5.41) is -0.104. The monoisotopic (exact) mass is 280 g/mol. The first kappa shape index (κ1) is 12.7. The molecule has 0 N–H and O–H groups in total. The van der Waals surface area contributed by atoms with Crippen molar-refractivity contribution in [2.24, 2.45) is 5.92 Å². The van der Waals surface area contributed by atoms with Crippen LogP contribution in [0.5, 0.6) is 11.5 Å². The van der Waals surface area contributed by atoms with E-state index in [9.17, 15) is 4.79 Å². The van der Waals surface area contributed by atoms with Crippen LogP contribution in [0.2, 0.25) is 0 Å². The third kappa shape index (κ3) is 2.81.